The van der Waals surface area contributed by atoms with Crippen LogP contribution in [0.2, 0.25) is 0 Å². The van der Waals surface area contributed by atoms with Gasteiger partial charge in [-0.3, -0.25) is 0 Å². The first-order valence-corrected chi connectivity index (χ1v) is 6.47. The van der Waals surface area contributed by atoms with Crippen molar-refractivity contribution in [2.24, 2.45) is 0 Å². The summed E-state index contributed by atoms with van der Waals surface area (Å²) in [5.41, 5.74) is 7.79. The number of nitrogen functional groups attached to an aromatic ring is 1. The number of benzene rings is 1. The molecule has 0 atom stereocenters. The molecular weight excluding hydrogens is 244 g/mol. The quantitative estimate of drug-likeness (QED) is 0.580. The number of nitrogens with two attached hydrogens (primary N) is 1. The Labute approximate surface area is 114 Å². The molecule has 0 heterocycles. The SMILES string of the molecule is CCCCN(CCO)c1cc(C(=O)OC)ccc1N. The molecule has 1 rings (SSSR count). The van der Waals surface area contributed by atoms with Gasteiger partial charge in [0, 0.05) is 13.1 Å². The first kappa shape index (κ1) is 15.3. The van der Waals surface area contributed by atoms with E-state index in [0.717, 1.165) is 25.1 Å². The molecule has 0 aliphatic carbocycles. The first-order chi connectivity index (χ1) is 9.13. The molecule has 0 radical (unpaired) electrons. The highest BCUT2D eigenvalue weighted by Crippen LogP contribution is 2.25. The number of anilines is 2. The molecule has 0 unspecified atom stereocenters. The number of hydrogen-bond donors (Lipinski definition) is 2. The molecule has 0 spiro atoms. The second-order valence-corrected chi connectivity index (χ2v) is 4.33. The van der Waals surface area contributed by atoms with Gasteiger partial charge < -0.3 is 20.5 Å². The van der Waals surface area contributed by atoms with E-state index in [2.05, 4.69) is 6.92 Å². The number of nitrogens with zero attached hydrogens (tertiary/aromatic N) is 1. The van der Waals surface area contributed by atoms with Gasteiger partial charge in [0.2, 0.25) is 0 Å². The lowest BCUT2D eigenvalue weighted by molar-refractivity contribution is 0.0601. The largest absolute Gasteiger partial charge is 0.465 e. The summed E-state index contributed by atoms with van der Waals surface area (Å²) in [6.45, 7) is 3.44. The minimum Gasteiger partial charge on any atom is -0.465 e. The van der Waals surface area contributed by atoms with Crippen LogP contribution in [0, 0.1) is 0 Å². The van der Waals surface area contributed by atoms with E-state index in [1.165, 1.54) is 7.11 Å². The van der Waals surface area contributed by atoms with E-state index in [-0.39, 0.29) is 12.6 Å². The number of methoxy groups -OCH3 is 1. The molecule has 0 aromatic heterocycles. The predicted octanol–water partition coefficient (Wildman–Crippen LogP) is 1.65. The van der Waals surface area contributed by atoms with Crippen molar-refractivity contribution in [1.29, 1.82) is 0 Å². The van der Waals surface area contributed by atoms with Crippen molar-refractivity contribution in [3.8, 4) is 0 Å². The summed E-state index contributed by atoms with van der Waals surface area (Å²) >= 11 is 0. The van der Waals surface area contributed by atoms with Crippen LogP contribution in [-0.2, 0) is 4.74 Å². The van der Waals surface area contributed by atoms with Crippen molar-refractivity contribution in [3.05, 3.63) is 23.8 Å². The van der Waals surface area contributed by atoms with Crippen molar-refractivity contribution < 1.29 is 14.6 Å². The van der Waals surface area contributed by atoms with Crippen LogP contribution >= 0.6 is 0 Å². The number of rotatable bonds is 7. The van der Waals surface area contributed by atoms with E-state index in [0.29, 0.717) is 17.8 Å². The lowest BCUT2D eigenvalue weighted by Gasteiger charge is -2.25. The van der Waals surface area contributed by atoms with Crippen molar-refractivity contribution in [2.45, 2.75) is 19.8 Å². The highest BCUT2D eigenvalue weighted by Gasteiger charge is 2.13. The third-order valence-electron chi connectivity index (χ3n) is 2.94. The summed E-state index contributed by atoms with van der Waals surface area (Å²) in [4.78, 5) is 13.5. The van der Waals surface area contributed by atoms with Gasteiger partial charge in [-0.05, 0) is 24.6 Å². The van der Waals surface area contributed by atoms with Crippen molar-refractivity contribution >= 4 is 17.3 Å². The lowest BCUT2D eigenvalue weighted by atomic mass is 10.1. The number of unbranched alkanes of at least 4 members (excludes halogenated alkanes) is 1. The zero-order valence-corrected chi connectivity index (χ0v) is 11.6. The Balaban J connectivity index is 3.02. The number of hydrogen-bond acceptors (Lipinski definition) is 5. The summed E-state index contributed by atoms with van der Waals surface area (Å²) < 4.78 is 4.70. The molecule has 1 aromatic rings. The predicted molar refractivity (Wildman–Crippen MR) is 76.4 cm³/mol. The fraction of sp³-hybridized carbons (Fsp3) is 0.500. The highest BCUT2D eigenvalue weighted by molar-refractivity contribution is 5.92. The zero-order chi connectivity index (χ0) is 14.3. The van der Waals surface area contributed by atoms with Crippen LogP contribution in [-0.4, -0.2) is 37.9 Å². The fourth-order valence-electron chi connectivity index (χ4n) is 1.88. The smallest absolute Gasteiger partial charge is 0.337 e. The zero-order valence-electron chi connectivity index (χ0n) is 11.6. The van der Waals surface area contributed by atoms with E-state index in [1.807, 2.05) is 4.90 Å². The minimum atomic E-state index is -0.388. The van der Waals surface area contributed by atoms with Gasteiger partial charge in [-0.15, -0.1) is 0 Å². The summed E-state index contributed by atoms with van der Waals surface area (Å²) in [6, 6.07) is 5.05. The van der Waals surface area contributed by atoms with Gasteiger partial charge in [-0.1, -0.05) is 13.3 Å². The van der Waals surface area contributed by atoms with Crippen molar-refractivity contribution in [2.75, 3.05) is 37.4 Å². The number of carbonyl (C=O) groups is 1. The molecule has 0 amide bonds. The third kappa shape index (κ3) is 4.13. The molecule has 5 nitrogen and oxygen atoms in total. The molecule has 0 aliphatic rings. The Morgan fingerprint density at radius 3 is 2.74 bits per heavy atom. The van der Waals surface area contributed by atoms with E-state index in [9.17, 15) is 4.79 Å². The summed E-state index contributed by atoms with van der Waals surface area (Å²) in [6.07, 6.45) is 2.06. The highest BCUT2D eigenvalue weighted by atomic mass is 16.5. The second kappa shape index (κ2) is 7.63. The van der Waals surface area contributed by atoms with Crippen molar-refractivity contribution in [3.63, 3.8) is 0 Å². The molecule has 5 heteroatoms. The molecule has 106 valence electrons. The van der Waals surface area contributed by atoms with Crippen LogP contribution in [0.4, 0.5) is 11.4 Å². The molecule has 19 heavy (non-hydrogen) atoms. The van der Waals surface area contributed by atoms with E-state index in [1.54, 1.807) is 18.2 Å². The van der Waals surface area contributed by atoms with Crippen LogP contribution < -0.4 is 10.6 Å². The maximum atomic E-state index is 11.5. The van der Waals surface area contributed by atoms with E-state index in [4.69, 9.17) is 15.6 Å². The Kier molecular flexibility index (Phi) is 6.15. The van der Waals surface area contributed by atoms with Gasteiger partial charge >= 0.3 is 5.97 Å². The maximum Gasteiger partial charge on any atom is 0.337 e. The van der Waals surface area contributed by atoms with Crippen LogP contribution in [0.3, 0.4) is 0 Å². The minimum absolute atomic E-state index is 0.0472. The molecule has 0 aliphatic heterocycles. The average molecular weight is 266 g/mol. The molecule has 1 aromatic carbocycles. The van der Waals surface area contributed by atoms with Gasteiger partial charge in [0.05, 0.1) is 30.7 Å². The Hall–Kier alpha value is -1.75. The number of aliphatic hydroxyl groups is 1. The first-order valence-electron chi connectivity index (χ1n) is 6.47. The standard InChI is InChI=1S/C14H22N2O3/c1-3-4-7-16(8-9-17)13-10-11(14(18)19-2)5-6-12(13)15/h5-6,10,17H,3-4,7-9,15H2,1-2H3. The molecule has 3 N–H and O–H groups in total. The molecule has 0 saturated heterocycles. The van der Waals surface area contributed by atoms with Gasteiger partial charge in [0.1, 0.15) is 0 Å². The van der Waals surface area contributed by atoms with E-state index >= 15 is 0 Å². The monoisotopic (exact) mass is 266 g/mol. The summed E-state index contributed by atoms with van der Waals surface area (Å²) in [5, 5.41) is 9.14. The number of carbonyl (C=O) groups excluding carboxylic acids is 1. The number of ether oxygens (including phenoxy) is 1. The molecule has 0 fully saturated rings. The van der Waals surface area contributed by atoms with Crippen LogP contribution in [0.25, 0.3) is 0 Å². The Bertz CT molecular complexity index is 421. The normalized spacial score (nSPS) is 10.3. The fourth-order valence-corrected chi connectivity index (χ4v) is 1.88. The topological polar surface area (TPSA) is 75.8 Å². The number of aliphatic hydroxyl groups excluding tert-OH is 1. The second-order valence-electron chi connectivity index (χ2n) is 4.33. The third-order valence-corrected chi connectivity index (χ3v) is 2.94. The summed E-state index contributed by atoms with van der Waals surface area (Å²) in [5.74, 6) is -0.388. The van der Waals surface area contributed by atoms with Crippen molar-refractivity contribution in [1.82, 2.24) is 0 Å². The molecular formula is C14H22N2O3. The van der Waals surface area contributed by atoms with Crippen LogP contribution in [0.15, 0.2) is 18.2 Å². The average Bonchev–Trinajstić information content (AvgIpc) is 2.43. The Morgan fingerprint density at radius 1 is 1.42 bits per heavy atom. The van der Waals surface area contributed by atoms with Crippen LogP contribution in [0.5, 0.6) is 0 Å². The number of esters is 1. The van der Waals surface area contributed by atoms with Gasteiger partial charge in [0.15, 0.2) is 0 Å². The van der Waals surface area contributed by atoms with Gasteiger partial charge in [-0.2, -0.15) is 0 Å². The lowest BCUT2D eigenvalue weighted by Crippen LogP contribution is -2.28. The van der Waals surface area contributed by atoms with E-state index < -0.39 is 0 Å². The molecule has 0 bridgehead atoms. The molecule has 0 saturated carbocycles. The van der Waals surface area contributed by atoms with Gasteiger partial charge in [0.25, 0.3) is 0 Å². The Morgan fingerprint density at radius 2 is 2.16 bits per heavy atom. The van der Waals surface area contributed by atoms with Gasteiger partial charge in [-0.25, -0.2) is 4.79 Å². The maximum absolute atomic E-state index is 11.5. The summed E-state index contributed by atoms with van der Waals surface area (Å²) in [7, 11) is 1.35. The van der Waals surface area contributed by atoms with Crippen LogP contribution in [0.1, 0.15) is 30.1 Å².